The summed E-state index contributed by atoms with van der Waals surface area (Å²) in [4.78, 5) is 25.5. The van der Waals surface area contributed by atoms with Crippen LogP contribution in [-0.2, 0) is 16.0 Å². The SMILES string of the molecule is Cc1ccc(C)c(CC(=O)NC2CC(N(CC(=O)O)CC3CC3)C2)c1. The van der Waals surface area contributed by atoms with Crippen molar-refractivity contribution in [3.63, 3.8) is 0 Å². The second kappa shape index (κ2) is 7.56. The van der Waals surface area contributed by atoms with Crippen molar-refractivity contribution in [1.29, 1.82) is 0 Å². The van der Waals surface area contributed by atoms with Crippen LogP contribution in [0.1, 0.15) is 42.4 Å². The van der Waals surface area contributed by atoms with Gasteiger partial charge in [-0.05, 0) is 56.6 Å². The lowest BCUT2D eigenvalue weighted by atomic mass is 9.85. The number of carboxylic acid groups (broad SMARTS) is 1. The number of hydrogen-bond acceptors (Lipinski definition) is 3. The molecule has 0 unspecified atom stereocenters. The van der Waals surface area contributed by atoms with Crippen LogP contribution < -0.4 is 5.32 Å². The minimum absolute atomic E-state index is 0.0594. The molecule has 2 aliphatic carbocycles. The van der Waals surface area contributed by atoms with Crippen LogP contribution in [0.4, 0.5) is 0 Å². The predicted molar refractivity (Wildman–Crippen MR) is 96.5 cm³/mol. The lowest BCUT2D eigenvalue weighted by molar-refractivity contribution is -0.140. The summed E-state index contributed by atoms with van der Waals surface area (Å²) in [5.74, 6) is -0.0236. The van der Waals surface area contributed by atoms with Gasteiger partial charge in [-0.1, -0.05) is 23.8 Å². The number of carboxylic acids is 1. The van der Waals surface area contributed by atoms with E-state index in [-0.39, 0.29) is 18.5 Å². The van der Waals surface area contributed by atoms with Gasteiger partial charge < -0.3 is 10.4 Å². The molecule has 0 bridgehead atoms. The molecule has 0 aliphatic heterocycles. The number of nitrogens with zero attached hydrogens (tertiary/aromatic N) is 1. The summed E-state index contributed by atoms with van der Waals surface area (Å²) in [6, 6.07) is 6.66. The van der Waals surface area contributed by atoms with E-state index in [0.29, 0.717) is 18.4 Å². The van der Waals surface area contributed by atoms with Gasteiger partial charge in [0.15, 0.2) is 0 Å². The highest BCUT2D eigenvalue weighted by Crippen LogP contribution is 2.33. The van der Waals surface area contributed by atoms with Crippen molar-refractivity contribution in [1.82, 2.24) is 10.2 Å². The van der Waals surface area contributed by atoms with Gasteiger partial charge in [0.05, 0.1) is 13.0 Å². The number of amides is 1. The highest BCUT2D eigenvalue weighted by Gasteiger charge is 2.37. The summed E-state index contributed by atoms with van der Waals surface area (Å²) in [6.07, 6.45) is 4.57. The van der Waals surface area contributed by atoms with E-state index in [2.05, 4.69) is 28.4 Å². The Labute approximate surface area is 149 Å². The Morgan fingerprint density at radius 2 is 1.96 bits per heavy atom. The average molecular weight is 344 g/mol. The first-order chi connectivity index (χ1) is 11.9. The van der Waals surface area contributed by atoms with Crippen molar-refractivity contribution >= 4 is 11.9 Å². The molecule has 1 aromatic rings. The maximum atomic E-state index is 12.3. The zero-order valence-corrected chi connectivity index (χ0v) is 15.1. The number of nitrogens with one attached hydrogen (secondary N) is 1. The Kier molecular flexibility index (Phi) is 5.42. The molecule has 0 radical (unpaired) electrons. The molecule has 0 aromatic heterocycles. The summed E-state index contributed by atoms with van der Waals surface area (Å²) < 4.78 is 0. The minimum Gasteiger partial charge on any atom is -0.480 e. The predicted octanol–water partition coefficient (Wildman–Crippen LogP) is 2.29. The molecule has 1 aromatic carbocycles. The number of benzene rings is 1. The van der Waals surface area contributed by atoms with E-state index in [0.717, 1.165) is 30.5 Å². The first-order valence-corrected chi connectivity index (χ1v) is 9.22. The largest absolute Gasteiger partial charge is 0.480 e. The fraction of sp³-hybridized carbons (Fsp3) is 0.600. The second-order valence-corrected chi connectivity index (χ2v) is 7.76. The molecule has 2 fully saturated rings. The van der Waals surface area contributed by atoms with Crippen LogP contribution in [0.15, 0.2) is 18.2 Å². The smallest absolute Gasteiger partial charge is 0.317 e. The van der Waals surface area contributed by atoms with Crippen molar-refractivity contribution in [3.05, 3.63) is 34.9 Å². The van der Waals surface area contributed by atoms with Crippen LogP contribution in [-0.4, -0.2) is 47.1 Å². The molecule has 2 saturated carbocycles. The van der Waals surface area contributed by atoms with E-state index in [9.17, 15) is 9.59 Å². The molecule has 5 heteroatoms. The van der Waals surface area contributed by atoms with Gasteiger partial charge in [-0.3, -0.25) is 14.5 Å². The number of carbonyl (C=O) groups is 2. The molecule has 0 heterocycles. The Morgan fingerprint density at radius 1 is 1.24 bits per heavy atom. The summed E-state index contributed by atoms with van der Waals surface area (Å²) in [5, 5.41) is 12.2. The van der Waals surface area contributed by atoms with Crippen LogP contribution in [0.3, 0.4) is 0 Å². The number of rotatable bonds is 8. The first-order valence-electron chi connectivity index (χ1n) is 9.22. The van der Waals surface area contributed by atoms with Gasteiger partial charge >= 0.3 is 5.97 Å². The van der Waals surface area contributed by atoms with Gasteiger partial charge in [-0.25, -0.2) is 0 Å². The van der Waals surface area contributed by atoms with Crippen molar-refractivity contribution in [2.75, 3.05) is 13.1 Å². The molecular formula is C20H28N2O3. The topological polar surface area (TPSA) is 69.6 Å². The molecule has 1 amide bonds. The van der Waals surface area contributed by atoms with Gasteiger partial charge in [0.2, 0.25) is 5.91 Å². The van der Waals surface area contributed by atoms with Gasteiger partial charge in [-0.15, -0.1) is 0 Å². The number of hydrogen-bond donors (Lipinski definition) is 2. The molecule has 0 atom stereocenters. The third-order valence-electron chi connectivity index (χ3n) is 5.38. The van der Waals surface area contributed by atoms with Crippen LogP contribution in [0.25, 0.3) is 0 Å². The monoisotopic (exact) mass is 344 g/mol. The Bertz CT molecular complexity index is 648. The minimum atomic E-state index is -0.761. The van der Waals surface area contributed by atoms with E-state index in [4.69, 9.17) is 5.11 Å². The number of aliphatic carboxylic acids is 1. The normalized spacial score (nSPS) is 22.5. The molecular weight excluding hydrogens is 316 g/mol. The van der Waals surface area contributed by atoms with E-state index in [1.165, 1.54) is 18.4 Å². The van der Waals surface area contributed by atoms with Crippen LogP contribution in [0.5, 0.6) is 0 Å². The zero-order chi connectivity index (χ0) is 18.0. The van der Waals surface area contributed by atoms with Crippen LogP contribution >= 0.6 is 0 Å². The fourth-order valence-electron chi connectivity index (χ4n) is 3.59. The lowest BCUT2D eigenvalue weighted by Gasteiger charge is -2.42. The van der Waals surface area contributed by atoms with E-state index in [1.807, 2.05) is 13.8 Å². The van der Waals surface area contributed by atoms with Crippen molar-refractivity contribution < 1.29 is 14.7 Å². The molecule has 5 nitrogen and oxygen atoms in total. The lowest BCUT2D eigenvalue weighted by Crippen LogP contribution is -2.55. The fourth-order valence-corrected chi connectivity index (χ4v) is 3.59. The van der Waals surface area contributed by atoms with E-state index in [1.54, 1.807) is 0 Å². The summed E-state index contributed by atoms with van der Waals surface area (Å²) in [6.45, 7) is 5.07. The second-order valence-electron chi connectivity index (χ2n) is 7.76. The summed E-state index contributed by atoms with van der Waals surface area (Å²) in [7, 11) is 0. The van der Waals surface area contributed by atoms with Crippen molar-refractivity contribution in [2.45, 2.75) is 58.0 Å². The van der Waals surface area contributed by atoms with Gasteiger partial charge in [0, 0.05) is 18.6 Å². The van der Waals surface area contributed by atoms with Crippen LogP contribution in [0, 0.1) is 19.8 Å². The van der Waals surface area contributed by atoms with Gasteiger partial charge in [0.25, 0.3) is 0 Å². The molecule has 2 aliphatic rings. The zero-order valence-electron chi connectivity index (χ0n) is 15.1. The Morgan fingerprint density at radius 3 is 2.60 bits per heavy atom. The molecule has 136 valence electrons. The first kappa shape index (κ1) is 17.9. The molecule has 0 spiro atoms. The standard InChI is InChI=1S/C20H28N2O3/c1-13-3-4-14(2)16(7-13)8-19(23)21-17-9-18(10-17)22(12-20(24)25)11-15-5-6-15/h3-4,7,15,17-18H,5-6,8-12H2,1-2H3,(H,21,23)(H,24,25). The highest BCUT2D eigenvalue weighted by molar-refractivity contribution is 5.79. The molecule has 25 heavy (non-hydrogen) atoms. The Hall–Kier alpha value is -1.88. The third kappa shape index (κ3) is 5.05. The summed E-state index contributed by atoms with van der Waals surface area (Å²) in [5.41, 5.74) is 3.39. The number of aryl methyl sites for hydroxylation is 2. The van der Waals surface area contributed by atoms with Gasteiger partial charge in [-0.2, -0.15) is 0 Å². The van der Waals surface area contributed by atoms with Crippen molar-refractivity contribution in [3.8, 4) is 0 Å². The number of carbonyl (C=O) groups excluding carboxylic acids is 1. The van der Waals surface area contributed by atoms with Gasteiger partial charge in [0.1, 0.15) is 0 Å². The highest BCUT2D eigenvalue weighted by atomic mass is 16.4. The van der Waals surface area contributed by atoms with E-state index >= 15 is 0 Å². The molecule has 3 rings (SSSR count). The maximum absolute atomic E-state index is 12.3. The average Bonchev–Trinajstić information content (AvgIpc) is 3.29. The van der Waals surface area contributed by atoms with Crippen molar-refractivity contribution in [2.24, 2.45) is 5.92 Å². The van der Waals surface area contributed by atoms with Crippen LogP contribution in [0.2, 0.25) is 0 Å². The third-order valence-corrected chi connectivity index (χ3v) is 5.38. The van der Waals surface area contributed by atoms with E-state index < -0.39 is 5.97 Å². The molecule has 0 saturated heterocycles. The quantitative estimate of drug-likeness (QED) is 0.759. The maximum Gasteiger partial charge on any atom is 0.317 e. The Balaban J connectivity index is 1.46. The summed E-state index contributed by atoms with van der Waals surface area (Å²) >= 11 is 0. The molecule has 2 N–H and O–H groups in total.